The van der Waals surface area contributed by atoms with Crippen LogP contribution in [0, 0.1) is 5.82 Å². The minimum Gasteiger partial charge on any atom is -0.355 e. The molecular weight excluding hydrogens is 311 g/mol. The van der Waals surface area contributed by atoms with E-state index in [0.29, 0.717) is 6.54 Å². The van der Waals surface area contributed by atoms with Crippen molar-refractivity contribution in [2.24, 2.45) is 4.99 Å². The Balaban J connectivity index is 2.51. The van der Waals surface area contributed by atoms with Crippen molar-refractivity contribution in [3.05, 3.63) is 35.1 Å². The van der Waals surface area contributed by atoms with Gasteiger partial charge in [-0.3, -0.25) is 4.99 Å². The van der Waals surface area contributed by atoms with E-state index < -0.39 is 0 Å². The molecule has 6 heteroatoms. The average Bonchev–Trinajstić information content (AvgIpc) is 2.56. The van der Waals surface area contributed by atoms with Gasteiger partial charge in [0.15, 0.2) is 5.96 Å². The van der Waals surface area contributed by atoms with E-state index in [-0.39, 0.29) is 5.82 Å². The first-order valence-corrected chi connectivity index (χ1v) is 9.47. The number of thioether (sulfide) groups is 1. The normalized spacial score (nSPS) is 11.8. The summed E-state index contributed by atoms with van der Waals surface area (Å²) in [5.74, 6) is 1.40. The Hall–Kier alpha value is -1.27. The molecule has 0 aliphatic rings. The molecule has 4 nitrogen and oxygen atoms in total. The molecule has 1 rings (SSSR count). The van der Waals surface area contributed by atoms with E-state index in [4.69, 9.17) is 0 Å². The molecule has 1 aromatic rings. The third kappa shape index (κ3) is 7.22. The van der Waals surface area contributed by atoms with Crippen LogP contribution in [0.3, 0.4) is 0 Å². The Kier molecular flexibility index (Phi) is 9.71. The molecular formula is C17H29FN4S. The van der Waals surface area contributed by atoms with Gasteiger partial charge >= 0.3 is 0 Å². The molecule has 0 fully saturated rings. The van der Waals surface area contributed by atoms with Crippen LogP contribution in [0.25, 0.3) is 0 Å². The van der Waals surface area contributed by atoms with E-state index in [0.717, 1.165) is 49.0 Å². The Labute approximate surface area is 143 Å². The molecule has 0 unspecified atom stereocenters. The molecule has 1 aromatic carbocycles. The molecule has 0 spiro atoms. The maximum Gasteiger partial charge on any atom is 0.191 e. The number of rotatable bonds is 9. The molecule has 0 saturated heterocycles. The predicted molar refractivity (Wildman–Crippen MR) is 99.6 cm³/mol. The maximum absolute atomic E-state index is 13.4. The van der Waals surface area contributed by atoms with Crippen LogP contribution in [0.15, 0.2) is 23.2 Å². The van der Waals surface area contributed by atoms with Gasteiger partial charge in [0.05, 0.1) is 0 Å². The number of guanidine groups is 1. The first-order chi connectivity index (χ1) is 11.1. The second-order valence-corrected chi connectivity index (χ2v) is 6.09. The fourth-order valence-electron chi connectivity index (χ4n) is 2.33. The minimum atomic E-state index is -0.181. The molecule has 0 atom stereocenters. The van der Waals surface area contributed by atoms with Crippen LogP contribution in [0.1, 0.15) is 25.0 Å². The van der Waals surface area contributed by atoms with Gasteiger partial charge in [0.2, 0.25) is 0 Å². The molecule has 0 aromatic heterocycles. The molecule has 130 valence electrons. The van der Waals surface area contributed by atoms with E-state index in [1.807, 2.05) is 12.3 Å². The van der Waals surface area contributed by atoms with E-state index in [1.54, 1.807) is 24.9 Å². The zero-order valence-corrected chi connectivity index (χ0v) is 15.5. The molecule has 0 amide bonds. The Morgan fingerprint density at radius 3 is 2.57 bits per heavy atom. The van der Waals surface area contributed by atoms with Crippen LogP contribution in [0.5, 0.6) is 0 Å². The minimum absolute atomic E-state index is 0.181. The average molecular weight is 341 g/mol. The van der Waals surface area contributed by atoms with Crippen LogP contribution in [-0.4, -0.2) is 50.3 Å². The number of nitrogens with one attached hydrogen (secondary N) is 2. The highest BCUT2D eigenvalue weighted by atomic mass is 32.2. The van der Waals surface area contributed by atoms with E-state index in [2.05, 4.69) is 34.4 Å². The van der Waals surface area contributed by atoms with Gasteiger partial charge in [-0.1, -0.05) is 19.9 Å². The van der Waals surface area contributed by atoms with Gasteiger partial charge in [0, 0.05) is 32.4 Å². The van der Waals surface area contributed by atoms with E-state index >= 15 is 0 Å². The number of hydrogen-bond donors (Lipinski definition) is 2. The first-order valence-electron chi connectivity index (χ1n) is 8.07. The SMILES string of the molecule is CCN(CC)CCNC(=NC)NCc1ccc(F)cc1CSC. The summed E-state index contributed by atoms with van der Waals surface area (Å²) in [6, 6.07) is 4.97. The third-order valence-corrected chi connectivity index (χ3v) is 4.35. The Morgan fingerprint density at radius 2 is 1.96 bits per heavy atom. The van der Waals surface area contributed by atoms with Gasteiger partial charge in [-0.15, -0.1) is 0 Å². The summed E-state index contributed by atoms with van der Waals surface area (Å²) < 4.78 is 13.4. The molecule has 0 aliphatic carbocycles. The Bertz CT molecular complexity index is 489. The number of hydrogen-bond acceptors (Lipinski definition) is 3. The first kappa shape index (κ1) is 19.8. The highest BCUT2D eigenvalue weighted by Crippen LogP contribution is 2.16. The van der Waals surface area contributed by atoms with Crippen LogP contribution >= 0.6 is 11.8 Å². The van der Waals surface area contributed by atoms with Crippen LogP contribution < -0.4 is 10.6 Å². The van der Waals surface area contributed by atoms with E-state index in [9.17, 15) is 4.39 Å². The van der Waals surface area contributed by atoms with Crippen molar-refractivity contribution in [1.29, 1.82) is 0 Å². The zero-order chi connectivity index (χ0) is 17.1. The number of nitrogens with zero attached hydrogens (tertiary/aromatic N) is 2. The quantitative estimate of drug-likeness (QED) is 0.536. The molecule has 0 saturated carbocycles. The fraction of sp³-hybridized carbons (Fsp3) is 0.588. The maximum atomic E-state index is 13.4. The summed E-state index contributed by atoms with van der Waals surface area (Å²) >= 11 is 1.69. The summed E-state index contributed by atoms with van der Waals surface area (Å²) in [5, 5.41) is 6.62. The number of halogens is 1. The van der Waals surface area contributed by atoms with Gasteiger partial charge in [-0.05, 0) is 42.6 Å². The molecule has 0 aliphatic heterocycles. The standard InChI is InChI=1S/C17H29FN4S/c1-5-22(6-2)10-9-20-17(19-3)21-12-14-7-8-16(18)11-15(14)13-23-4/h7-8,11H,5-6,9-10,12-13H2,1-4H3,(H2,19,20,21). The summed E-state index contributed by atoms with van der Waals surface area (Å²) in [4.78, 5) is 6.60. The van der Waals surface area contributed by atoms with Crippen molar-refractivity contribution < 1.29 is 4.39 Å². The Morgan fingerprint density at radius 1 is 1.22 bits per heavy atom. The summed E-state index contributed by atoms with van der Waals surface area (Å²) in [5.41, 5.74) is 2.14. The monoisotopic (exact) mass is 340 g/mol. The van der Waals surface area contributed by atoms with Crippen molar-refractivity contribution in [1.82, 2.24) is 15.5 Å². The van der Waals surface area contributed by atoms with E-state index in [1.165, 1.54) is 6.07 Å². The predicted octanol–water partition coefficient (Wildman–Crippen LogP) is 2.70. The topological polar surface area (TPSA) is 39.7 Å². The highest BCUT2D eigenvalue weighted by Gasteiger charge is 2.06. The largest absolute Gasteiger partial charge is 0.355 e. The number of benzene rings is 1. The van der Waals surface area contributed by atoms with Crippen molar-refractivity contribution in [3.8, 4) is 0 Å². The zero-order valence-electron chi connectivity index (χ0n) is 14.7. The summed E-state index contributed by atoms with van der Waals surface area (Å²) in [6.07, 6.45) is 2.02. The second-order valence-electron chi connectivity index (χ2n) is 5.23. The molecule has 23 heavy (non-hydrogen) atoms. The molecule has 0 radical (unpaired) electrons. The fourth-order valence-corrected chi connectivity index (χ4v) is 2.91. The highest BCUT2D eigenvalue weighted by molar-refractivity contribution is 7.97. The van der Waals surface area contributed by atoms with Crippen molar-refractivity contribution in [2.45, 2.75) is 26.1 Å². The number of aliphatic imine (C=N–C) groups is 1. The van der Waals surface area contributed by atoms with Crippen molar-refractivity contribution >= 4 is 17.7 Å². The van der Waals surface area contributed by atoms with Crippen LogP contribution in [-0.2, 0) is 12.3 Å². The third-order valence-electron chi connectivity index (χ3n) is 3.75. The van der Waals surface area contributed by atoms with Crippen molar-refractivity contribution in [3.63, 3.8) is 0 Å². The van der Waals surface area contributed by atoms with Crippen LogP contribution in [0.4, 0.5) is 4.39 Å². The van der Waals surface area contributed by atoms with Gasteiger partial charge < -0.3 is 15.5 Å². The smallest absolute Gasteiger partial charge is 0.191 e. The summed E-state index contributed by atoms with van der Waals surface area (Å²) in [7, 11) is 1.76. The number of likely N-dealkylation sites (N-methyl/N-ethyl adjacent to an activating group) is 1. The lowest BCUT2D eigenvalue weighted by Gasteiger charge is -2.19. The van der Waals surface area contributed by atoms with Crippen LogP contribution in [0.2, 0.25) is 0 Å². The van der Waals surface area contributed by atoms with Gasteiger partial charge in [0.1, 0.15) is 5.82 Å². The van der Waals surface area contributed by atoms with Gasteiger partial charge in [-0.25, -0.2) is 4.39 Å². The van der Waals surface area contributed by atoms with Gasteiger partial charge in [0.25, 0.3) is 0 Å². The van der Waals surface area contributed by atoms with Crippen molar-refractivity contribution in [2.75, 3.05) is 39.5 Å². The molecule has 2 N–H and O–H groups in total. The molecule has 0 heterocycles. The lowest BCUT2D eigenvalue weighted by Crippen LogP contribution is -2.41. The second kappa shape index (κ2) is 11.3. The summed E-state index contributed by atoms with van der Waals surface area (Å²) in [6.45, 7) is 8.91. The van der Waals surface area contributed by atoms with Gasteiger partial charge in [-0.2, -0.15) is 11.8 Å². The molecule has 0 bridgehead atoms. The lowest BCUT2D eigenvalue weighted by atomic mass is 10.1. The lowest BCUT2D eigenvalue weighted by molar-refractivity contribution is 0.308.